The number of fused-ring (bicyclic) bond motifs is 1. The van der Waals surface area contributed by atoms with Crippen molar-refractivity contribution in [3.05, 3.63) is 29.6 Å². The van der Waals surface area contributed by atoms with E-state index >= 15 is 0 Å². The third-order valence-electron chi connectivity index (χ3n) is 3.20. The van der Waals surface area contributed by atoms with Crippen LogP contribution >= 0.6 is 0 Å². The minimum Gasteiger partial charge on any atom is -0.349 e. The van der Waals surface area contributed by atoms with Crippen molar-refractivity contribution in [2.45, 2.75) is 31.5 Å². The first kappa shape index (κ1) is 12.2. The predicted molar refractivity (Wildman–Crippen MR) is 62.7 cm³/mol. The number of Topliss-reactive ketones (excluding diaryl/α,β-unsaturated/α-hetero) is 1. The molecule has 1 unspecified atom stereocenters. The minimum absolute atomic E-state index is 0.0327. The summed E-state index contributed by atoms with van der Waals surface area (Å²) in [5, 5.41) is 0. The summed E-state index contributed by atoms with van der Waals surface area (Å²) in [7, 11) is 2.96. The van der Waals surface area contributed by atoms with Gasteiger partial charge in [-0.15, -0.1) is 0 Å². The highest BCUT2D eigenvalue weighted by Gasteiger charge is 2.32. The second-order valence-electron chi connectivity index (χ2n) is 4.20. The van der Waals surface area contributed by atoms with Gasteiger partial charge in [0.15, 0.2) is 5.78 Å². The van der Waals surface area contributed by atoms with E-state index < -0.39 is 6.29 Å². The van der Waals surface area contributed by atoms with Gasteiger partial charge in [-0.1, -0.05) is 6.07 Å². The Bertz CT molecular complexity index is 401. The van der Waals surface area contributed by atoms with Crippen LogP contribution in [-0.2, 0) is 20.7 Å². The van der Waals surface area contributed by atoms with Crippen molar-refractivity contribution in [1.29, 1.82) is 0 Å². The fourth-order valence-corrected chi connectivity index (χ4v) is 2.38. The molecule has 4 heteroatoms. The largest absolute Gasteiger partial charge is 0.349 e. The highest BCUT2D eigenvalue weighted by molar-refractivity contribution is 5.88. The lowest BCUT2D eigenvalue weighted by Gasteiger charge is -2.25. The van der Waals surface area contributed by atoms with Crippen molar-refractivity contribution in [3.63, 3.8) is 0 Å². The van der Waals surface area contributed by atoms with Crippen molar-refractivity contribution < 1.29 is 14.3 Å². The molecule has 1 atom stereocenters. The van der Waals surface area contributed by atoms with Crippen LogP contribution in [0.5, 0.6) is 0 Å². The Morgan fingerprint density at radius 2 is 2.24 bits per heavy atom. The molecule has 0 saturated carbocycles. The fourth-order valence-electron chi connectivity index (χ4n) is 2.38. The van der Waals surface area contributed by atoms with E-state index in [2.05, 4.69) is 4.98 Å². The number of carbonyl (C=O) groups excluding carboxylic acids is 1. The standard InChI is InChI=1S/C13H17NO3/c1-16-13(17-2)12(15)10-7-3-5-9-6-4-8-14-11(9)10/h4,6,8,10,13H,3,5,7H2,1-2H3. The zero-order valence-corrected chi connectivity index (χ0v) is 10.2. The molecular weight excluding hydrogens is 218 g/mol. The van der Waals surface area contributed by atoms with Gasteiger partial charge in [0.1, 0.15) is 0 Å². The van der Waals surface area contributed by atoms with Gasteiger partial charge in [-0.05, 0) is 30.9 Å². The molecule has 0 spiro atoms. The SMILES string of the molecule is COC(OC)C(=O)C1CCCc2cccnc21. The van der Waals surface area contributed by atoms with E-state index in [0.29, 0.717) is 0 Å². The third kappa shape index (κ3) is 2.37. The van der Waals surface area contributed by atoms with Crippen LogP contribution < -0.4 is 0 Å². The van der Waals surface area contributed by atoms with Gasteiger partial charge < -0.3 is 9.47 Å². The number of aryl methyl sites for hydroxylation is 1. The Kier molecular flexibility index (Phi) is 3.86. The van der Waals surface area contributed by atoms with Crippen molar-refractivity contribution in [3.8, 4) is 0 Å². The second kappa shape index (κ2) is 5.38. The molecule has 1 aromatic rings. The van der Waals surface area contributed by atoms with Crippen LogP contribution in [0.3, 0.4) is 0 Å². The first-order valence-electron chi connectivity index (χ1n) is 5.81. The number of ether oxygens (including phenoxy) is 2. The summed E-state index contributed by atoms with van der Waals surface area (Å²) < 4.78 is 10.1. The molecule has 2 rings (SSSR count). The summed E-state index contributed by atoms with van der Waals surface area (Å²) in [6.45, 7) is 0. The molecule has 92 valence electrons. The number of ketones is 1. The molecule has 1 aromatic heterocycles. The van der Waals surface area contributed by atoms with Crippen LogP contribution in [0.2, 0.25) is 0 Å². The molecule has 0 aromatic carbocycles. The Labute approximate surface area is 101 Å². The minimum atomic E-state index is -0.784. The number of methoxy groups -OCH3 is 2. The molecule has 0 fully saturated rings. The van der Waals surface area contributed by atoms with Crippen molar-refractivity contribution in [1.82, 2.24) is 4.98 Å². The maximum Gasteiger partial charge on any atom is 0.217 e. The Balaban J connectivity index is 2.26. The van der Waals surface area contributed by atoms with Gasteiger partial charge in [0.05, 0.1) is 11.6 Å². The van der Waals surface area contributed by atoms with Gasteiger partial charge in [-0.25, -0.2) is 0 Å². The molecule has 1 heterocycles. The van der Waals surface area contributed by atoms with E-state index in [1.165, 1.54) is 19.8 Å². The van der Waals surface area contributed by atoms with Gasteiger partial charge in [0.25, 0.3) is 0 Å². The first-order chi connectivity index (χ1) is 8.27. The quantitative estimate of drug-likeness (QED) is 0.745. The average Bonchev–Trinajstić information content (AvgIpc) is 2.39. The average molecular weight is 235 g/mol. The van der Waals surface area contributed by atoms with Crippen LogP contribution in [0.4, 0.5) is 0 Å². The summed E-state index contributed by atoms with van der Waals surface area (Å²) in [4.78, 5) is 16.6. The molecule has 1 aliphatic carbocycles. The molecule has 17 heavy (non-hydrogen) atoms. The predicted octanol–water partition coefficient (Wildman–Crippen LogP) is 1.69. The van der Waals surface area contributed by atoms with Gasteiger partial charge in [0.2, 0.25) is 6.29 Å². The summed E-state index contributed by atoms with van der Waals surface area (Å²) >= 11 is 0. The maximum absolute atomic E-state index is 12.2. The third-order valence-corrected chi connectivity index (χ3v) is 3.20. The topological polar surface area (TPSA) is 48.4 Å². The van der Waals surface area contributed by atoms with E-state index in [-0.39, 0.29) is 11.7 Å². The van der Waals surface area contributed by atoms with Crippen molar-refractivity contribution in [2.75, 3.05) is 14.2 Å². The van der Waals surface area contributed by atoms with Gasteiger partial charge >= 0.3 is 0 Å². The van der Waals surface area contributed by atoms with E-state index in [4.69, 9.17) is 9.47 Å². The fraction of sp³-hybridized carbons (Fsp3) is 0.538. The molecule has 0 N–H and O–H groups in total. The molecule has 0 aliphatic heterocycles. The molecule has 4 nitrogen and oxygen atoms in total. The van der Waals surface area contributed by atoms with E-state index in [0.717, 1.165) is 25.0 Å². The van der Waals surface area contributed by atoms with Crippen LogP contribution in [-0.4, -0.2) is 31.3 Å². The van der Waals surface area contributed by atoms with Crippen molar-refractivity contribution >= 4 is 5.78 Å². The number of carbonyl (C=O) groups is 1. The summed E-state index contributed by atoms with van der Waals surface area (Å²) in [5.74, 6) is -0.223. The van der Waals surface area contributed by atoms with Crippen LogP contribution in [0.25, 0.3) is 0 Å². The lowest BCUT2D eigenvalue weighted by atomic mass is 9.84. The van der Waals surface area contributed by atoms with Crippen LogP contribution in [0.15, 0.2) is 18.3 Å². The zero-order chi connectivity index (χ0) is 12.3. The van der Waals surface area contributed by atoms with Gasteiger partial charge in [-0.2, -0.15) is 0 Å². The van der Waals surface area contributed by atoms with E-state index in [1.807, 2.05) is 12.1 Å². The lowest BCUT2D eigenvalue weighted by Crippen LogP contribution is -2.32. The van der Waals surface area contributed by atoms with Gasteiger partial charge in [0, 0.05) is 20.4 Å². The monoisotopic (exact) mass is 235 g/mol. The lowest BCUT2D eigenvalue weighted by molar-refractivity contribution is -0.158. The molecule has 0 saturated heterocycles. The molecule has 0 radical (unpaired) electrons. The summed E-state index contributed by atoms with van der Waals surface area (Å²) in [5.41, 5.74) is 2.06. The number of aromatic nitrogens is 1. The molecular formula is C13H17NO3. The van der Waals surface area contributed by atoms with E-state index in [9.17, 15) is 4.79 Å². The number of nitrogens with zero attached hydrogens (tertiary/aromatic N) is 1. The first-order valence-corrected chi connectivity index (χ1v) is 5.81. The molecule has 0 bridgehead atoms. The van der Waals surface area contributed by atoms with Gasteiger partial charge in [-0.3, -0.25) is 9.78 Å². The van der Waals surface area contributed by atoms with E-state index in [1.54, 1.807) is 6.20 Å². The smallest absolute Gasteiger partial charge is 0.217 e. The van der Waals surface area contributed by atoms with Crippen LogP contribution in [0, 0.1) is 0 Å². The van der Waals surface area contributed by atoms with Crippen molar-refractivity contribution in [2.24, 2.45) is 0 Å². The summed E-state index contributed by atoms with van der Waals surface area (Å²) in [6, 6.07) is 3.95. The highest BCUT2D eigenvalue weighted by atomic mass is 16.7. The molecule has 0 amide bonds. The number of hydrogen-bond donors (Lipinski definition) is 0. The maximum atomic E-state index is 12.2. The Morgan fingerprint density at radius 1 is 1.47 bits per heavy atom. The number of hydrogen-bond acceptors (Lipinski definition) is 4. The zero-order valence-electron chi connectivity index (χ0n) is 10.2. The number of rotatable bonds is 4. The Hall–Kier alpha value is -1.26. The summed E-state index contributed by atoms with van der Waals surface area (Å²) in [6.07, 6.45) is 3.78. The number of pyridine rings is 1. The second-order valence-corrected chi connectivity index (χ2v) is 4.20. The molecule has 1 aliphatic rings. The highest BCUT2D eigenvalue weighted by Crippen LogP contribution is 2.31. The Morgan fingerprint density at radius 3 is 2.94 bits per heavy atom. The van der Waals surface area contributed by atoms with Crippen LogP contribution in [0.1, 0.15) is 30.0 Å². The normalized spacial score (nSPS) is 19.1.